The molecule has 4 atom stereocenters. The lowest BCUT2D eigenvalue weighted by molar-refractivity contribution is -0.133. The third kappa shape index (κ3) is 28.5. The quantitative estimate of drug-likeness (QED) is 0.347. The summed E-state index contributed by atoms with van der Waals surface area (Å²) in [5, 5.41) is 33.6. The van der Waals surface area contributed by atoms with Crippen molar-refractivity contribution in [2.45, 2.75) is 66.0 Å². The zero-order chi connectivity index (χ0) is 23.6. The minimum absolute atomic E-state index is 0.0145. The highest BCUT2D eigenvalue weighted by atomic mass is 16.6. The molecule has 172 valence electrons. The Morgan fingerprint density at radius 3 is 1.28 bits per heavy atom. The van der Waals surface area contributed by atoms with Crippen LogP contribution in [-0.2, 0) is 23.8 Å². The largest absolute Gasteiger partial charge is 0.478 e. The van der Waals surface area contributed by atoms with Gasteiger partial charge in [-0.3, -0.25) is 0 Å². The Labute approximate surface area is 173 Å². The number of hydrogen-bond acceptors (Lipinski definition) is 7. The summed E-state index contributed by atoms with van der Waals surface area (Å²) in [5.74, 6) is -1.87. The molecule has 0 fully saturated rings. The lowest BCUT2D eigenvalue weighted by Gasteiger charge is -2.19. The third-order valence-electron chi connectivity index (χ3n) is 2.84. The van der Waals surface area contributed by atoms with Gasteiger partial charge in [-0.1, -0.05) is 13.2 Å². The van der Waals surface area contributed by atoms with Crippen LogP contribution in [0.2, 0.25) is 0 Å². The predicted molar refractivity (Wildman–Crippen MR) is 110 cm³/mol. The van der Waals surface area contributed by atoms with Crippen molar-refractivity contribution in [2.24, 2.45) is 0 Å². The van der Waals surface area contributed by atoms with Crippen LogP contribution in [0.1, 0.15) is 41.5 Å². The Morgan fingerprint density at radius 1 is 0.759 bits per heavy atom. The molecule has 9 nitrogen and oxygen atoms in total. The van der Waals surface area contributed by atoms with Gasteiger partial charge in [-0.15, -0.1) is 0 Å². The molecule has 0 spiro atoms. The van der Waals surface area contributed by atoms with Crippen LogP contribution in [0.4, 0.5) is 0 Å². The molecular formula is C20H38O9. The first-order valence-corrected chi connectivity index (χ1v) is 9.15. The highest BCUT2D eigenvalue weighted by molar-refractivity contribution is 5.85. The van der Waals surface area contributed by atoms with Crippen LogP contribution in [0.15, 0.2) is 24.3 Å². The van der Waals surface area contributed by atoms with E-state index < -0.39 is 18.0 Å². The van der Waals surface area contributed by atoms with E-state index in [4.69, 9.17) is 34.6 Å². The molecule has 0 saturated carbocycles. The van der Waals surface area contributed by atoms with Crippen LogP contribution in [0.3, 0.4) is 0 Å². The Balaban J connectivity index is -0.000000460. The van der Waals surface area contributed by atoms with E-state index in [2.05, 4.69) is 13.2 Å². The van der Waals surface area contributed by atoms with Gasteiger partial charge in [0.1, 0.15) is 0 Å². The summed E-state index contributed by atoms with van der Waals surface area (Å²) in [4.78, 5) is 19.2. The monoisotopic (exact) mass is 422 g/mol. The van der Waals surface area contributed by atoms with Crippen molar-refractivity contribution in [1.82, 2.24) is 0 Å². The zero-order valence-electron chi connectivity index (χ0n) is 18.4. The number of carboxylic acids is 2. The molecule has 0 aromatic carbocycles. The van der Waals surface area contributed by atoms with Gasteiger partial charge in [0.2, 0.25) is 0 Å². The molecule has 0 aliphatic heterocycles. The van der Waals surface area contributed by atoms with Gasteiger partial charge in [0.15, 0.2) is 0 Å². The van der Waals surface area contributed by atoms with Crippen molar-refractivity contribution in [1.29, 1.82) is 0 Å². The van der Waals surface area contributed by atoms with E-state index in [1.54, 1.807) is 13.8 Å². The average molecular weight is 423 g/mol. The van der Waals surface area contributed by atoms with Gasteiger partial charge in [-0.2, -0.15) is 0 Å². The maximum Gasteiger partial charge on any atom is 0.330 e. The van der Waals surface area contributed by atoms with Crippen LogP contribution in [-0.4, -0.2) is 83.2 Å². The summed E-state index contributed by atoms with van der Waals surface area (Å²) in [5.41, 5.74) is 0.352. The molecular weight excluding hydrogens is 384 g/mol. The fourth-order valence-corrected chi connectivity index (χ4v) is 1.05. The van der Waals surface area contributed by atoms with Crippen molar-refractivity contribution < 1.29 is 44.2 Å². The number of aliphatic hydroxyl groups is 2. The summed E-state index contributed by atoms with van der Waals surface area (Å²) in [7, 11) is 0. The molecule has 9 heteroatoms. The molecule has 0 aromatic heterocycles. The second-order valence-corrected chi connectivity index (χ2v) is 6.63. The maximum atomic E-state index is 9.60. The van der Waals surface area contributed by atoms with Gasteiger partial charge in [0, 0.05) is 11.1 Å². The highest BCUT2D eigenvalue weighted by Crippen LogP contribution is 2.00. The Morgan fingerprint density at radius 2 is 1.03 bits per heavy atom. The van der Waals surface area contributed by atoms with Crippen LogP contribution in [0, 0.1) is 0 Å². The lowest BCUT2D eigenvalue weighted by Crippen LogP contribution is -2.27. The SMILES string of the molecule is C=C(C)C(=O)O.C=C(C)C(=O)O.CC(O)COC(C)COC(C)COC(C)CO. The molecule has 0 saturated heterocycles. The van der Waals surface area contributed by atoms with E-state index in [9.17, 15) is 9.59 Å². The smallest absolute Gasteiger partial charge is 0.330 e. The van der Waals surface area contributed by atoms with Crippen molar-refractivity contribution in [3.63, 3.8) is 0 Å². The van der Waals surface area contributed by atoms with Gasteiger partial charge in [-0.25, -0.2) is 9.59 Å². The van der Waals surface area contributed by atoms with E-state index >= 15 is 0 Å². The van der Waals surface area contributed by atoms with E-state index in [1.807, 2.05) is 13.8 Å². The number of rotatable bonds is 12. The Hall–Kier alpha value is -1.78. The van der Waals surface area contributed by atoms with Crippen LogP contribution in [0.25, 0.3) is 0 Å². The summed E-state index contributed by atoms with van der Waals surface area (Å²) >= 11 is 0. The first-order valence-electron chi connectivity index (χ1n) is 9.15. The average Bonchev–Trinajstić information content (AvgIpc) is 2.63. The summed E-state index contributed by atoms with van der Waals surface area (Å²) in [6.45, 7) is 17.7. The molecule has 0 rings (SSSR count). The minimum atomic E-state index is -0.935. The molecule has 0 aliphatic rings. The number of carboxylic acid groups (broad SMARTS) is 2. The van der Waals surface area contributed by atoms with Crippen molar-refractivity contribution >= 4 is 11.9 Å². The highest BCUT2D eigenvalue weighted by Gasteiger charge is 2.09. The number of hydrogen-bond donors (Lipinski definition) is 4. The van der Waals surface area contributed by atoms with Crippen LogP contribution in [0.5, 0.6) is 0 Å². The van der Waals surface area contributed by atoms with Gasteiger partial charge in [0.05, 0.1) is 50.8 Å². The normalized spacial score (nSPS) is 14.1. The minimum Gasteiger partial charge on any atom is -0.478 e. The predicted octanol–water partition coefficient (Wildman–Crippen LogP) is 1.87. The Bertz CT molecular complexity index is 427. The molecule has 29 heavy (non-hydrogen) atoms. The second-order valence-electron chi connectivity index (χ2n) is 6.63. The van der Waals surface area contributed by atoms with Crippen molar-refractivity contribution in [3.05, 3.63) is 24.3 Å². The fourth-order valence-electron chi connectivity index (χ4n) is 1.05. The summed E-state index contributed by atoms with van der Waals surface area (Å²) in [6, 6.07) is 0. The standard InChI is InChI=1S/C12H26O5.2C4H6O2/c1-9(14)6-15-11(3)8-17-12(4)7-16-10(2)5-13;2*1-3(2)4(5)6/h9-14H,5-8H2,1-4H3;2*1H2,2H3,(H,5,6). The molecule has 0 radical (unpaired) electrons. The molecule has 0 amide bonds. The van der Waals surface area contributed by atoms with E-state index in [1.165, 1.54) is 13.8 Å². The van der Waals surface area contributed by atoms with Crippen LogP contribution < -0.4 is 0 Å². The first-order chi connectivity index (χ1) is 13.2. The number of ether oxygens (including phenoxy) is 3. The number of carbonyl (C=O) groups is 2. The maximum absolute atomic E-state index is 9.60. The number of aliphatic carboxylic acids is 2. The molecule has 4 N–H and O–H groups in total. The van der Waals surface area contributed by atoms with Gasteiger partial charge >= 0.3 is 11.9 Å². The van der Waals surface area contributed by atoms with Crippen LogP contribution >= 0.6 is 0 Å². The fraction of sp³-hybridized carbons (Fsp3) is 0.700. The van der Waals surface area contributed by atoms with Gasteiger partial charge in [-0.05, 0) is 41.5 Å². The zero-order valence-corrected chi connectivity index (χ0v) is 18.4. The summed E-state index contributed by atoms with van der Waals surface area (Å²) in [6.07, 6.45) is -0.711. The summed E-state index contributed by atoms with van der Waals surface area (Å²) < 4.78 is 16.2. The van der Waals surface area contributed by atoms with E-state index in [-0.39, 0.29) is 36.1 Å². The number of aliphatic hydroxyl groups excluding tert-OH is 2. The molecule has 0 heterocycles. The first kappa shape index (κ1) is 31.9. The Kier molecular flexibility index (Phi) is 21.5. The van der Waals surface area contributed by atoms with Gasteiger partial charge < -0.3 is 34.6 Å². The molecule has 0 bridgehead atoms. The van der Waals surface area contributed by atoms with Crippen molar-refractivity contribution in [2.75, 3.05) is 26.4 Å². The molecule has 0 aliphatic carbocycles. The third-order valence-corrected chi connectivity index (χ3v) is 2.84. The molecule has 0 aromatic rings. The second kappa shape index (κ2) is 19.5. The van der Waals surface area contributed by atoms with E-state index in [0.29, 0.717) is 19.8 Å². The van der Waals surface area contributed by atoms with E-state index in [0.717, 1.165) is 0 Å². The van der Waals surface area contributed by atoms with Crippen molar-refractivity contribution in [3.8, 4) is 0 Å². The van der Waals surface area contributed by atoms with Gasteiger partial charge in [0.25, 0.3) is 0 Å². The lowest BCUT2D eigenvalue weighted by atomic mass is 10.3. The molecule has 4 unspecified atom stereocenters. The topological polar surface area (TPSA) is 143 Å².